The van der Waals surface area contributed by atoms with Crippen molar-refractivity contribution in [3.05, 3.63) is 47.5 Å². The van der Waals surface area contributed by atoms with Crippen LogP contribution >= 0.6 is 0 Å². The second-order valence-corrected chi connectivity index (χ2v) is 5.40. The third-order valence-electron chi connectivity index (χ3n) is 3.49. The molecule has 165 valence electrons. The van der Waals surface area contributed by atoms with Crippen molar-refractivity contribution in [1.29, 1.82) is 5.26 Å². The zero-order valence-corrected chi connectivity index (χ0v) is 18.0. The third-order valence-corrected chi connectivity index (χ3v) is 3.49. The number of nitriles is 1. The van der Waals surface area contributed by atoms with Gasteiger partial charge in [-0.1, -0.05) is 35.8 Å². The van der Waals surface area contributed by atoms with Gasteiger partial charge in [-0.05, 0) is 29.7 Å². The van der Waals surface area contributed by atoms with Crippen molar-refractivity contribution in [3.63, 3.8) is 0 Å². The Morgan fingerprint density at radius 2 is 1.27 bits per heavy atom. The van der Waals surface area contributed by atoms with Crippen LogP contribution in [0, 0.1) is 11.3 Å². The largest absolute Gasteiger partial charge is 2.00 e. The van der Waals surface area contributed by atoms with Crippen molar-refractivity contribution >= 4 is 12.4 Å². The molecule has 9 heteroatoms. The minimum atomic E-state index is -0.173. The molecule has 0 heterocycles. The van der Waals surface area contributed by atoms with Crippen LogP contribution in [-0.4, -0.2) is 39.7 Å². The summed E-state index contributed by atoms with van der Waals surface area (Å²) in [6.45, 7) is 2.51. The van der Waals surface area contributed by atoms with Crippen LogP contribution in [-0.2, 0) is 22.5 Å². The first-order valence-corrected chi connectivity index (χ1v) is 8.57. The molecule has 0 amide bonds. The van der Waals surface area contributed by atoms with Gasteiger partial charge in [-0.2, -0.15) is 5.26 Å². The molecule has 2 aromatic rings. The van der Waals surface area contributed by atoms with Crippen LogP contribution in [0.4, 0.5) is 0 Å². The number of hydrogen-bond acceptors (Lipinski definition) is 7. The SMILES string of the molecule is CC#N.COc1cccc(C=NCCCN=Cc2cccc(OC)c2[O-])c1[O-].[Cu+2].[OH3+]. The molecule has 0 spiro atoms. The molecule has 0 aliphatic carbocycles. The van der Waals surface area contributed by atoms with Gasteiger partial charge in [0.25, 0.3) is 0 Å². The molecular weight excluding hydrogens is 438 g/mol. The topological polar surface area (TPSA) is 146 Å². The molecule has 0 aromatic heterocycles. The minimum Gasteiger partial charge on any atom is -0.870 e. The Kier molecular flexibility index (Phi) is 16.4. The molecule has 0 bridgehead atoms. The summed E-state index contributed by atoms with van der Waals surface area (Å²) < 4.78 is 9.97. The summed E-state index contributed by atoms with van der Waals surface area (Å²) in [7, 11) is 2.93. The minimum absolute atomic E-state index is 0. The number of benzene rings is 2. The molecular formula is C21H26CuN3O5+. The first-order chi connectivity index (χ1) is 13.6. The van der Waals surface area contributed by atoms with E-state index in [0.717, 1.165) is 0 Å². The summed E-state index contributed by atoms with van der Waals surface area (Å²) >= 11 is 0. The normalized spacial score (nSPS) is 9.67. The molecule has 0 unspecified atom stereocenters. The Hall–Kier alpha value is -3.05. The number of aliphatic imine (C=N–C) groups is 2. The molecule has 0 saturated carbocycles. The molecule has 0 aliphatic rings. The van der Waals surface area contributed by atoms with Gasteiger partial charge in [0.1, 0.15) is 11.5 Å². The Bertz CT molecular complexity index is 788. The van der Waals surface area contributed by atoms with Crippen LogP contribution in [0.2, 0.25) is 0 Å². The average Bonchev–Trinajstić information content (AvgIpc) is 2.70. The predicted octanol–water partition coefficient (Wildman–Crippen LogP) is 1.38. The first kappa shape index (κ1) is 29.2. The van der Waals surface area contributed by atoms with E-state index in [-0.39, 0.29) is 34.0 Å². The predicted molar refractivity (Wildman–Crippen MR) is 111 cm³/mol. The quantitative estimate of drug-likeness (QED) is 0.251. The number of nitrogens with zero attached hydrogens (tertiary/aromatic N) is 3. The van der Waals surface area contributed by atoms with Gasteiger partial charge < -0.3 is 25.2 Å². The van der Waals surface area contributed by atoms with Gasteiger partial charge in [0.2, 0.25) is 0 Å². The van der Waals surface area contributed by atoms with E-state index in [1.165, 1.54) is 21.1 Å². The van der Waals surface area contributed by atoms with Crippen molar-refractivity contribution in [2.24, 2.45) is 9.98 Å². The molecule has 2 aromatic carbocycles. The van der Waals surface area contributed by atoms with E-state index in [2.05, 4.69) is 9.98 Å². The van der Waals surface area contributed by atoms with Crippen molar-refractivity contribution in [2.45, 2.75) is 13.3 Å². The molecule has 2 rings (SSSR count). The van der Waals surface area contributed by atoms with Gasteiger partial charge in [0.15, 0.2) is 0 Å². The molecule has 30 heavy (non-hydrogen) atoms. The molecule has 8 nitrogen and oxygen atoms in total. The van der Waals surface area contributed by atoms with Crippen LogP contribution in [0.5, 0.6) is 23.0 Å². The monoisotopic (exact) mass is 463 g/mol. The molecule has 0 saturated heterocycles. The van der Waals surface area contributed by atoms with Crippen LogP contribution in [0.15, 0.2) is 46.4 Å². The molecule has 0 fully saturated rings. The van der Waals surface area contributed by atoms with Gasteiger partial charge in [0, 0.05) is 32.4 Å². The number of rotatable bonds is 8. The molecule has 0 aliphatic heterocycles. The fourth-order valence-electron chi connectivity index (χ4n) is 2.17. The van der Waals surface area contributed by atoms with Gasteiger partial charge in [0.05, 0.1) is 20.3 Å². The smallest absolute Gasteiger partial charge is 0.870 e. The summed E-state index contributed by atoms with van der Waals surface area (Å²) in [6, 6.07) is 11.9. The van der Waals surface area contributed by atoms with Crippen LogP contribution < -0.4 is 19.7 Å². The number of ether oxygens (including phenoxy) is 2. The van der Waals surface area contributed by atoms with Crippen LogP contribution in [0.25, 0.3) is 0 Å². The summed E-state index contributed by atoms with van der Waals surface area (Å²) in [6.07, 6.45) is 3.81. The Labute approximate surface area is 187 Å². The maximum absolute atomic E-state index is 11.9. The van der Waals surface area contributed by atoms with Gasteiger partial charge >= 0.3 is 17.1 Å². The Morgan fingerprint density at radius 3 is 1.60 bits per heavy atom. The van der Waals surface area contributed by atoms with Crippen LogP contribution in [0.3, 0.4) is 0 Å². The Morgan fingerprint density at radius 1 is 0.900 bits per heavy atom. The summed E-state index contributed by atoms with van der Waals surface area (Å²) in [5.41, 5.74) is 0.991. The third kappa shape index (κ3) is 9.43. The van der Waals surface area contributed by atoms with Gasteiger partial charge in [-0.15, -0.1) is 0 Å². The van der Waals surface area contributed by atoms with E-state index in [1.807, 2.05) is 0 Å². The zero-order valence-electron chi connectivity index (χ0n) is 17.1. The number of methoxy groups -OCH3 is 2. The summed E-state index contributed by atoms with van der Waals surface area (Å²) in [5.74, 6) is 0.265. The van der Waals surface area contributed by atoms with E-state index in [1.54, 1.807) is 54.9 Å². The van der Waals surface area contributed by atoms with Crippen molar-refractivity contribution in [3.8, 4) is 29.1 Å². The number of hydrogen-bond donors (Lipinski definition) is 0. The molecule has 1 radical (unpaired) electrons. The van der Waals surface area contributed by atoms with Crippen LogP contribution in [0.1, 0.15) is 24.5 Å². The van der Waals surface area contributed by atoms with E-state index >= 15 is 0 Å². The fraction of sp³-hybridized carbons (Fsp3) is 0.286. The van der Waals surface area contributed by atoms with Crippen molar-refractivity contribution in [1.82, 2.24) is 0 Å². The first-order valence-electron chi connectivity index (χ1n) is 8.57. The van der Waals surface area contributed by atoms with E-state index in [9.17, 15) is 10.2 Å². The molecule has 0 atom stereocenters. The summed E-state index contributed by atoms with van der Waals surface area (Å²) in [5, 5.41) is 31.2. The van der Waals surface area contributed by atoms with E-state index in [0.29, 0.717) is 42.1 Å². The zero-order chi connectivity index (χ0) is 20.8. The second kappa shape index (κ2) is 16.9. The number of para-hydroxylation sites is 2. The standard InChI is InChI=1S/C19H22N2O4.C2H3N.Cu.H2O/c1-24-16-8-3-6-14(18(16)22)12-20-10-5-11-21-13-15-7-4-9-17(25-2)19(15)23;1-2-3;;/h3-4,6-9,12-13,22-23H,5,10-11H2,1-2H3;1H3;;1H2/q;;+2;/p-1. The van der Waals surface area contributed by atoms with E-state index < -0.39 is 0 Å². The van der Waals surface area contributed by atoms with E-state index in [4.69, 9.17) is 14.7 Å². The van der Waals surface area contributed by atoms with Crippen molar-refractivity contribution < 1.29 is 42.2 Å². The Balaban J connectivity index is 0. The average molecular weight is 464 g/mol. The summed E-state index contributed by atoms with van der Waals surface area (Å²) in [4.78, 5) is 8.46. The van der Waals surface area contributed by atoms with Gasteiger partial charge in [-0.3, -0.25) is 9.98 Å². The van der Waals surface area contributed by atoms with Gasteiger partial charge in [-0.25, -0.2) is 0 Å². The maximum Gasteiger partial charge on any atom is 2.00 e. The molecule has 3 N–H and O–H groups in total. The fourth-order valence-corrected chi connectivity index (χ4v) is 2.17. The van der Waals surface area contributed by atoms with Crippen molar-refractivity contribution in [2.75, 3.05) is 27.3 Å². The second-order valence-electron chi connectivity index (χ2n) is 5.40. The maximum atomic E-state index is 11.9.